The largest absolute Gasteiger partial charge is 0.334 e. The summed E-state index contributed by atoms with van der Waals surface area (Å²) in [5.41, 5.74) is 0.858. The summed E-state index contributed by atoms with van der Waals surface area (Å²) in [5, 5.41) is 2.95. The molecule has 2 aromatic rings. The summed E-state index contributed by atoms with van der Waals surface area (Å²) < 4.78 is 2.18. The molecule has 1 aromatic carbocycles. The first kappa shape index (κ1) is 16.7. The molecule has 3 rings (SSSR count). The molecule has 0 saturated carbocycles. The fourth-order valence-electron chi connectivity index (χ4n) is 2.99. The molecule has 1 saturated heterocycles. The van der Waals surface area contributed by atoms with Crippen molar-refractivity contribution in [3.8, 4) is 0 Å². The summed E-state index contributed by atoms with van der Waals surface area (Å²) >= 11 is 0. The molecular formula is C18H25N5O. The van der Waals surface area contributed by atoms with Crippen LogP contribution in [0.1, 0.15) is 5.82 Å². The van der Waals surface area contributed by atoms with Crippen LogP contribution in [-0.2, 0) is 11.3 Å². The van der Waals surface area contributed by atoms with Gasteiger partial charge in [0.25, 0.3) is 0 Å². The van der Waals surface area contributed by atoms with Gasteiger partial charge in [0.15, 0.2) is 0 Å². The lowest BCUT2D eigenvalue weighted by molar-refractivity contribution is -0.117. The molecule has 0 atom stereocenters. The average molecular weight is 327 g/mol. The van der Waals surface area contributed by atoms with Crippen LogP contribution in [0.2, 0.25) is 0 Å². The molecule has 0 bridgehead atoms. The number of amides is 1. The van der Waals surface area contributed by atoms with Gasteiger partial charge in [-0.2, -0.15) is 0 Å². The van der Waals surface area contributed by atoms with Crippen LogP contribution in [0, 0.1) is 6.92 Å². The van der Waals surface area contributed by atoms with Gasteiger partial charge in [-0.15, -0.1) is 0 Å². The van der Waals surface area contributed by atoms with E-state index in [1.54, 1.807) is 0 Å². The third kappa shape index (κ3) is 4.66. The number of carbonyl (C=O) groups excluding carboxylic acids is 1. The van der Waals surface area contributed by atoms with Crippen molar-refractivity contribution < 1.29 is 4.79 Å². The zero-order valence-electron chi connectivity index (χ0n) is 14.2. The van der Waals surface area contributed by atoms with Crippen LogP contribution in [0.5, 0.6) is 0 Å². The highest BCUT2D eigenvalue weighted by atomic mass is 16.2. The summed E-state index contributed by atoms with van der Waals surface area (Å²) in [7, 11) is 0. The Morgan fingerprint density at radius 2 is 1.79 bits per heavy atom. The normalized spacial score (nSPS) is 16.2. The number of rotatable bonds is 6. The van der Waals surface area contributed by atoms with Crippen molar-refractivity contribution >= 4 is 11.6 Å². The van der Waals surface area contributed by atoms with Crippen molar-refractivity contribution in [2.75, 3.05) is 44.6 Å². The second-order valence-electron chi connectivity index (χ2n) is 6.20. The highest BCUT2D eigenvalue weighted by molar-refractivity contribution is 5.92. The number of nitrogens with one attached hydrogen (secondary N) is 1. The minimum Gasteiger partial charge on any atom is -0.334 e. The van der Waals surface area contributed by atoms with Crippen LogP contribution in [0.3, 0.4) is 0 Å². The first-order chi connectivity index (χ1) is 11.7. The van der Waals surface area contributed by atoms with E-state index in [-0.39, 0.29) is 5.91 Å². The number of imidazole rings is 1. The molecule has 6 nitrogen and oxygen atoms in total. The van der Waals surface area contributed by atoms with Gasteiger partial charge in [0.1, 0.15) is 5.82 Å². The summed E-state index contributed by atoms with van der Waals surface area (Å²) in [6.45, 7) is 8.38. The van der Waals surface area contributed by atoms with Gasteiger partial charge < -0.3 is 9.88 Å². The summed E-state index contributed by atoms with van der Waals surface area (Å²) in [6, 6.07) is 9.62. The molecule has 2 heterocycles. The second-order valence-corrected chi connectivity index (χ2v) is 6.20. The first-order valence-corrected chi connectivity index (χ1v) is 8.48. The quantitative estimate of drug-likeness (QED) is 0.872. The van der Waals surface area contributed by atoms with Gasteiger partial charge in [0.05, 0.1) is 6.54 Å². The molecule has 0 spiro atoms. The zero-order valence-corrected chi connectivity index (χ0v) is 14.2. The number of aryl methyl sites for hydroxylation is 1. The number of piperazine rings is 1. The monoisotopic (exact) mass is 327 g/mol. The molecule has 1 fully saturated rings. The average Bonchev–Trinajstić information content (AvgIpc) is 3.00. The van der Waals surface area contributed by atoms with Crippen LogP contribution < -0.4 is 5.32 Å². The molecular weight excluding hydrogens is 302 g/mol. The van der Waals surface area contributed by atoms with E-state index in [2.05, 4.69) is 24.7 Å². The van der Waals surface area contributed by atoms with E-state index in [9.17, 15) is 4.79 Å². The molecule has 1 aliphatic heterocycles. The van der Waals surface area contributed by atoms with Crippen LogP contribution in [0.25, 0.3) is 0 Å². The summed E-state index contributed by atoms with van der Waals surface area (Å²) in [4.78, 5) is 21.0. The third-order valence-corrected chi connectivity index (χ3v) is 4.47. The SMILES string of the molecule is Cc1nccn1CCN1CCN(CC(=O)Nc2ccccc2)CC1. The highest BCUT2D eigenvalue weighted by Gasteiger charge is 2.18. The van der Waals surface area contributed by atoms with E-state index in [1.807, 2.05) is 49.6 Å². The van der Waals surface area contributed by atoms with Gasteiger partial charge in [-0.05, 0) is 19.1 Å². The highest BCUT2D eigenvalue weighted by Crippen LogP contribution is 2.07. The van der Waals surface area contributed by atoms with Gasteiger partial charge in [-0.25, -0.2) is 4.98 Å². The Bertz CT molecular complexity index is 646. The van der Waals surface area contributed by atoms with Crippen molar-refractivity contribution in [2.45, 2.75) is 13.5 Å². The molecule has 24 heavy (non-hydrogen) atoms. The van der Waals surface area contributed by atoms with Crippen LogP contribution >= 0.6 is 0 Å². The predicted molar refractivity (Wildman–Crippen MR) is 94.9 cm³/mol. The molecule has 6 heteroatoms. The lowest BCUT2D eigenvalue weighted by Crippen LogP contribution is -2.49. The number of carbonyl (C=O) groups is 1. The Kier molecular flexibility index (Phi) is 5.61. The fourth-order valence-corrected chi connectivity index (χ4v) is 2.99. The smallest absolute Gasteiger partial charge is 0.238 e. The number of hydrogen-bond donors (Lipinski definition) is 1. The van der Waals surface area contributed by atoms with Crippen molar-refractivity contribution in [1.82, 2.24) is 19.4 Å². The minimum absolute atomic E-state index is 0.0590. The van der Waals surface area contributed by atoms with Gasteiger partial charge in [0, 0.05) is 57.3 Å². The Morgan fingerprint density at radius 1 is 1.08 bits per heavy atom. The first-order valence-electron chi connectivity index (χ1n) is 8.48. The molecule has 128 valence electrons. The topological polar surface area (TPSA) is 53.4 Å². The van der Waals surface area contributed by atoms with Crippen molar-refractivity contribution in [3.05, 3.63) is 48.5 Å². The maximum Gasteiger partial charge on any atom is 0.238 e. The second kappa shape index (κ2) is 8.08. The van der Waals surface area contributed by atoms with E-state index in [0.29, 0.717) is 6.54 Å². The van der Waals surface area contributed by atoms with Crippen molar-refractivity contribution in [2.24, 2.45) is 0 Å². The van der Waals surface area contributed by atoms with Gasteiger partial charge in [0.2, 0.25) is 5.91 Å². The summed E-state index contributed by atoms with van der Waals surface area (Å²) in [6.07, 6.45) is 3.87. The fraction of sp³-hybridized carbons (Fsp3) is 0.444. The molecule has 0 unspecified atom stereocenters. The number of aromatic nitrogens is 2. The Hall–Kier alpha value is -2.18. The predicted octanol–water partition coefficient (Wildman–Crippen LogP) is 1.45. The summed E-state index contributed by atoms with van der Waals surface area (Å²) in [5.74, 6) is 1.12. The van der Waals surface area contributed by atoms with Crippen molar-refractivity contribution in [3.63, 3.8) is 0 Å². The minimum atomic E-state index is 0.0590. The van der Waals surface area contributed by atoms with Crippen LogP contribution in [-0.4, -0.2) is 64.5 Å². The molecule has 0 radical (unpaired) electrons. The van der Waals surface area contributed by atoms with E-state index in [1.165, 1.54) is 0 Å². The maximum atomic E-state index is 12.1. The Labute approximate surface area is 143 Å². The van der Waals surface area contributed by atoms with E-state index < -0.39 is 0 Å². The van der Waals surface area contributed by atoms with E-state index >= 15 is 0 Å². The lowest BCUT2D eigenvalue weighted by Gasteiger charge is -2.34. The molecule has 0 aliphatic carbocycles. The number of para-hydroxylation sites is 1. The molecule has 1 aliphatic rings. The maximum absolute atomic E-state index is 12.1. The van der Waals surface area contributed by atoms with E-state index in [0.717, 1.165) is 50.8 Å². The number of nitrogens with zero attached hydrogens (tertiary/aromatic N) is 4. The van der Waals surface area contributed by atoms with Crippen LogP contribution in [0.15, 0.2) is 42.7 Å². The lowest BCUT2D eigenvalue weighted by atomic mass is 10.3. The molecule has 1 N–H and O–H groups in total. The van der Waals surface area contributed by atoms with Gasteiger partial charge >= 0.3 is 0 Å². The number of hydrogen-bond acceptors (Lipinski definition) is 4. The Morgan fingerprint density at radius 3 is 2.46 bits per heavy atom. The van der Waals surface area contributed by atoms with Crippen molar-refractivity contribution in [1.29, 1.82) is 0 Å². The van der Waals surface area contributed by atoms with E-state index in [4.69, 9.17) is 0 Å². The molecule has 1 amide bonds. The molecule has 1 aromatic heterocycles. The zero-order chi connectivity index (χ0) is 16.8. The Balaban J connectivity index is 1.37. The number of anilines is 1. The number of benzene rings is 1. The van der Waals surface area contributed by atoms with Gasteiger partial charge in [-0.3, -0.25) is 14.6 Å². The standard InChI is InChI=1S/C18H25N5O/c1-16-19-7-8-23(16)14-13-21-9-11-22(12-10-21)15-18(24)20-17-5-3-2-4-6-17/h2-8H,9-15H2,1H3,(H,20,24). The van der Waals surface area contributed by atoms with Gasteiger partial charge in [-0.1, -0.05) is 18.2 Å². The van der Waals surface area contributed by atoms with Crippen LogP contribution in [0.4, 0.5) is 5.69 Å². The third-order valence-electron chi connectivity index (χ3n) is 4.47.